The van der Waals surface area contributed by atoms with Gasteiger partial charge in [-0.3, -0.25) is 0 Å². The van der Waals surface area contributed by atoms with Gasteiger partial charge in [-0.05, 0) is 30.5 Å². The molecule has 0 bridgehead atoms. The Bertz CT molecular complexity index is 292. The highest BCUT2D eigenvalue weighted by molar-refractivity contribution is 9.10. The molecule has 1 aromatic rings. The molecule has 0 radical (unpaired) electrons. The van der Waals surface area contributed by atoms with E-state index in [1.54, 1.807) is 0 Å². The fourth-order valence-corrected chi connectivity index (χ4v) is 2.49. The van der Waals surface area contributed by atoms with Gasteiger partial charge in [-0.1, -0.05) is 40.9 Å². The van der Waals surface area contributed by atoms with Gasteiger partial charge < -0.3 is 5.32 Å². The van der Waals surface area contributed by atoms with E-state index in [0.717, 1.165) is 12.6 Å². The quantitative estimate of drug-likeness (QED) is 0.870. The van der Waals surface area contributed by atoms with Crippen LogP contribution in [0.3, 0.4) is 0 Å². The summed E-state index contributed by atoms with van der Waals surface area (Å²) in [6, 6.07) is 9.28. The van der Waals surface area contributed by atoms with Crippen LogP contribution < -0.4 is 5.32 Å². The van der Waals surface area contributed by atoms with E-state index in [9.17, 15) is 0 Å². The van der Waals surface area contributed by atoms with Crippen molar-refractivity contribution in [2.45, 2.75) is 38.3 Å². The van der Waals surface area contributed by atoms with Gasteiger partial charge in [-0.2, -0.15) is 0 Å². The summed E-state index contributed by atoms with van der Waals surface area (Å²) >= 11 is 3.49. The van der Waals surface area contributed by atoms with E-state index in [1.807, 2.05) is 0 Å². The lowest BCUT2D eigenvalue weighted by molar-refractivity contribution is 0.524. The molecule has 0 heterocycles. The summed E-state index contributed by atoms with van der Waals surface area (Å²) in [4.78, 5) is 0. The average molecular weight is 254 g/mol. The van der Waals surface area contributed by atoms with Gasteiger partial charge in [-0.25, -0.2) is 0 Å². The second kappa shape index (κ2) is 4.94. The average Bonchev–Trinajstić information content (AvgIpc) is 2.67. The molecule has 0 amide bonds. The minimum atomic E-state index is 0.758. The smallest absolute Gasteiger partial charge is 0.0208 e. The predicted molar refractivity (Wildman–Crippen MR) is 63.2 cm³/mol. The largest absolute Gasteiger partial charge is 0.310 e. The molecular weight excluding hydrogens is 238 g/mol. The monoisotopic (exact) mass is 253 g/mol. The summed E-state index contributed by atoms with van der Waals surface area (Å²) in [6.45, 7) is 1.00. The van der Waals surface area contributed by atoms with Crippen LogP contribution >= 0.6 is 15.9 Å². The van der Waals surface area contributed by atoms with Crippen molar-refractivity contribution >= 4 is 15.9 Å². The molecule has 1 N–H and O–H groups in total. The second-order valence-corrected chi connectivity index (χ2v) is 4.91. The molecule has 0 spiro atoms. The Morgan fingerprint density at radius 2 is 2.07 bits per heavy atom. The Kier molecular flexibility index (Phi) is 3.60. The molecule has 1 aromatic carbocycles. The molecule has 2 heteroatoms. The van der Waals surface area contributed by atoms with Crippen molar-refractivity contribution < 1.29 is 0 Å². The molecule has 2 rings (SSSR count). The van der Waals surface area contributed by atoms with Crippen molar-refractivity contribution in [3.05, 3.63) is 34.3 Å². The first-order valence-corrected chi connectivity index (χ1v) is 6.12. The van der Waals surface area contributed by atoms with E-state index < -0.39 is 0 Å². The first-order valence-electron chi connectivity index (χ1n) is 5.32. The van der Waals surface area contributed by atoms with Gasteiger partial charge in [0.05, 0.1) is 0 Å². The van der Waals surface area contributed by atoms with Crippen LogP contribution in [0, 0.1) is 0 Å². The fourth-order valence-electron chi connectivity index (χ4n) is 2.04. The predicted octanol–water partition coefficient (Wildman–Crippen LogP) is 3.48. The zero-order valence-corrected chi connectivity index (χ0v) is 9.89. The van der Waals surface area contributed by atoms with Gasteiger partial charge in [0.1, 0.15) is 0 Å². The maximum absolute atomic E-state index is 3.60. The Morgan fingerprint density at radius 3 is 2.79 bits per heavy atom. The Morgan fingerprint density at radius 1 is 1.29 bits per heavy atom. The van der Waals surface area contributed by atoms with Crippen LogP contribution in [0.25, 0.3) is 0 Å². The van der Waals surface area contributed by atoms with Gasteiger partial charge in [-0.15, -0.1) is 0 Å². The van der Waals surface area contributed by atoms with Crippen LogP contribution in [0.1, 0.15) is 31.2 Å². The molecule has 0 atom stereocenters. The number of nitrogens with one attached hydrogen (secondary N) is 1. The van der Waals surface area contributed by atoms with Crippen molar-refractivity contribution in [3.63, 3.8) is 0 Å². The van der Waals surface area contributed by atoms with Crippen LogP contribution in [-0.2, 0) is 6.54 Å². The first-order chi connectivity index (χ1) is 6.84. The maximum atomic E-state index is 3.60. The van der Waals surface area contributed by atoms with E-state index in [4.69, 9.17) is 0 Å². The summed E-state index contributed by atoms with van der Waals surface area (Å²) < 4.78 is 1.17. The molecular formula is C12H16BrN. The highest BCUT2D eigenvalue weighted by Gasteiger charge is 2.13. The lowest BCUT2D eigenvalue weighted by Gasteiger charge is -2.11. The summed E-state index contributed by atoms with van der Waals surface area (Å²) in [5.74, 6) is 0. The van der Waals surface area contributed by atoms with Crippen molar-refractivity contribution in [2.75, 3.05) is 0 Å². The van der Waals surface area contributed by atoms with Crippen molar-refractivity contribution in [1.82, 2.24) is 5.32 Å². The van der Waals surface area contributed by atoms with Crippen molar-refractivity contribution in [2.24, 2.45) is 0 Å². The molecule has 0 saturated heterocycles. The highest BCUT2D eigenvalue weighted by Crippen LogP contribution is 2.18. The topological polar surface area (TPSA) is 12.0 Å². The SMILES string of the molecule is Brc1cccc(CNC2CCCC2)c1. The van der Waals surface area contributed by atoms with Crippen molar-refractivity contribution in [1.29, 1.82) is 0 Å². The van der Waals surface area contributed by atoms with Crippen LogP contribution in [-0.4, -0.2) is 6.04 Å². The number of benzene rings is 1. The summed E-state index contributed by atoms with van der Waals surface area (Å²) in [7, 11) is 0. The lowest BCUT2D eigenvalue weighted by atomic mass is 10.2. The summed E-state index contributed by atoms with van der Waals surface area (Å²) in [5, 5.41) is 3.60. The minimum Gasteiger partial charge on any atom is -0.310 e. The molecule has 1 fully saturated rings. The standard InChI is InChI=1S/C12H16BrN/c13-11-5-3-4-10(8-11)9-14-12-6-1-2-7-12/h3-5,8,12,14H,1-2,6-7,9H2. The van der Waals surface area contributed by atoms with Crippen LogP contribution in [0.5, 0.6) is 0 Å². The third kappa shape index (κ3) is 2.82. The normalized spacial score (nSPS) is 17.5. The summed E-state index contributed by atoms with van der Waals surface area (Å²) in [6.07, 6.45) is 5.51. The Hall–Kier alpha value is -0.340. The highest BCUT2D eigenvalue weighted by atomic mass is 79.9. The number of rotatable bonds is 3. The van der Waals surface area contributed by atoms with Gasteiger partial charge in [0, 0.05) is 17.1 Å². The van der Waals surface area contributed by atoms with E-state index in [0.29, 0.717) is 0 Å². The Labute approximate surface area is 94.0 Å². The molecule has 1 aliphatic carbocycles. The molecule has 0 aliphatic heterocycles. The van der Waals surface area contributed by atoms with Crippen molar-refractivity contribution in [3.8, 4) is 0 Å². The number of halogens is 1. The third-order valence-electron chi connectivity index (χ3n) is 2.84. The van der Waals surface area contributed by atoms with E-state index in [2.05, 4.69) is 45.5 Å². The van der Waals surface area contributed by atoms with E-state index in [1.165, 1.54) is 35.7 Å². The molecule has 14 heavy (non-hydrogen) atoms. The van der Waals surface area contributed by atoms with Crippen LogP contribution in [0.2, 0.25) is 0 Å². The molecule has 1 saturated carbocycles. The van der Waals surface area contributed by atoms with Gasteiger partial charge in [0.15, 0.2) is 0 Å². The Balaban J connectivity index is 1.85. The number of hydrogen-bond donors (Lipinski definition) is 1. The third-order valence-corrected chi connectivity index (χ3v) is 3.33. The zero-order valence-electron chi connectivity index (χ0n) is 8.30. The van der Waals surface area contributed by atoms with Gasteiger partial charge in [0.25, 0.3) is 0 Å². The molecule has 1 nitrogen and oxygen atoms in total. The second-order valence-electron chi connectivity index (χ2n) is 3.99. The molecule has 1 aliphatic rings. The molecule has 76 valence electrons. The summed E-state index contributed by atoms with van der Waals surface area (Å²) in [5.41, 5.74) is 1.37. The van der Waals surface area contributed by atoms with Crippen LogP contribution in [0.4, 0.5) is 0 Å². The minimum absolute atomic E-state index is 0.758. The molecule has 0 aromatic heterocycles. The van der Waals surface area contributed by atoms with Crippen LogP contribution in [0.15, 0.2) is 28.7 Å². The van der Waals surface area contributed by atoms with E-state index in [-0.39, 0.29) is 0 Å². The lowest BCUT2D eigenvalue weighted by Crippen LogP contribution is -2.25. The fraction of sp³-hybridized carbons (Fsp3) is 0.500. The first kappa shape index (κ1) is 10.2. The zero-order chi connectivity index (χ0) is 9.80. The van der Waals surface area contributed by atoms with Gasteiger partial charge >= 0.3 is 0 Å². The maximum Gasteiger partial charge on any atom is 0.0208 e. The van der Waals surface area contributed by atoms with Gasteiger partial charge in [0.2, 0.25) is 0 Å². The van der Waals surface area contributed by atoms with E-state index >= 15 is 0 Å². The number of hydrogen-bond acceptors (Lipinski definition) is 1. The molecule has 0 unspecified atom stereocenters.